The summed E-state index contributed by atoms with van der Waals surface area (Å²) >= 11 is 0. The lowest BCUT2D eigenvalue weighted by atomic mass is 9.94. The molecule has 3 fully saturated rings. The fraction of sp³-hybridized carbons (Fsp3) is 0.517. The molecule has 0 aliphatic carbocycles. The van der Waals surface area contributed by atoms with Gasteiger partial charge in [0, 0.05) is 57.7 Å². The molecule has 3 heterocycles. The number of benzene rings is 2. The lowest BCUT2D eigenvalue weighted by molar-refractivity contribution is -0.142. The fourth-order valence-electron chi connectivity index (χ4n) is 5.85. The van der Waals surface area contributed by atoms with Crippen LogP contribution in [-0.2, 0) is 32.3 Å². The second kappa shape index (κ2) is 11.7. The second-order valence-electron chi connectivity index (χ2n) is 11.3. The van der Waals surface area contributed by atoms with E-state index < -0.39 is 28.1 Å². The zero-order chi connectivity index (χ0) is 29.4. The molecule has 2 aromatic rings. The number of carbonyl (C=O) groups excluding carboxylic acids is 2. The third-order valence-electron chi connectivity index (χ3n) is 8.34. The maximum atomic E-state index is 13.5. The van der Waals surface area contributed by atoms with Crippen LogP contribution in [0, 0.1) is 11.7 Å². The Hall–Kier alpha value is -2.96. The van der Waals surface area contributed by atoms with Gasteiger partial charge in [0.15, 0.2) is 0 Å². The third kappa shape index (κ3) is 6.44. The van der Waals surface area contributed by atoms with E-state index in [1.165, 1.54) is 32.9 Å². The topological polar surface area (TPSA) is 90.0 Å². The largest absolute Gasteiger partial charge is 0.350 e. The van der Waals surface area contributed by atoms with Crippen LogP contribution in [0.5, 0.6) is 0 Å². The molecule has 0 spiro atoms. The molecule has 0 bridgehead atoms. The molecule has 2 aromatic carbocycles. The minimum Gasteiger partial charge on any atom is -0.350 e. The third-order valence-corrected chi connectivity index (χ3v) is 10.3. The minimum atomic E-state index is -3.75. The molecule has 8 nitrogen and oxygen atoms in total. The Labute approximate surface area is 238 Å². The van der Waals surface area contributed by atoms with E-state index in [1.807, 2.05) is 0 Å². The molecule has 222 valence electrons. The summed E-state index contributed by atoms with van der Waals surface area (Å²) in [6.45, 7) is 2.41. The number of halogens is 3. The first-order valence-electron chi connectivity index (χ1n) is 14.0. The van der Waals surface area contributed by atoms with Crippen molar-refractivity contribution in [3.8, 4) is 0 Å². The maximum absolute atomic E-state index is 13.5. The summed E-state index contributed by atoms with van der Waals surface area (Å²) in [4.78, 5) is 28.1. The van der Waals surface area contributed by atoms with E-state index in [0.717, 1.165) is 12.5 Å². The Kier molecular flexibility index (Phi) is 8.45. The number of amides is 2. The van der Waals surface area contributed by atoms with Gasteiger partial charge in [0.05, 0.1) is 5.92 Å². The van der Waals surface area contributed by atoms with Gasteiger partial charge in [0.1, 0.15) is 11.9 Å². The molecule has 0 radical (unpaired) electrons. The predicted molar refractivity (Wildman–Crippen MR) is 147 cm³/mol. The van der Waals surface area contributed by atoms with E-state index in [4.69, 9.17) is 0 Å². The van der Waals surface area contributed by atoms with Gasteiger partial charge in [-0.25, -0.2) is 13.2 Å². The molecule has 1 N–H and O–H groups in total. The average Bonchev–Trinajstić information content (AvgIpc) is 3.41. The number of hydrogen-bond acceptors (Lipinski definition) is 4. The van der Waals surface area contributed by atoms with Crippen LogP contribution >= 0.6 is 0 Å². The van der Waals surface area contributed by atoms with Crippen LogP contribution in [0.15, 0.2) is 48.5 Å². The van der Waals surface area contributed by atoms with Gasteiger partial charge in [0.25, 0.3) is 16.1 Å². The van der Waals surface area contributed by atoms with Crippen LogP contribution in [-0.4, -0.2) is 72.5 Å². The molecule has 0 aromatic heterocycles. The molecular weight excluding hydrogens is 557 g/mol. The molecular formula is C29H35F3N4O4S. The van der Waals surface area contributed by atoms with Crippen LogP contribution in [0.3, 0.4) is 0 Å². The molecule has 0 saturated carbocycles. The molecule has 2 atom stereocenters. The van der Waals surface area contributed by atoms with Crippen LogP contribution in [0.4, 0.5) is 13.2 Å². The number of likely N-dealkylation sites (tertiary alicyclic amines) is 1. The smallest absolute Gasteiger partial charge is 0.282 e. The van der Waals surface area contributed by atoms with Gasteiger partial charge >= 0.3 is 0 Å². The van der Waals surface area contributed by atoms with Gasteiger partial charge in [-0.2, -0.15) is 17.0 Å². The standard InChI is InChI=1S/C29H35F3N4O4S/c1-29(31,32)24-10-6-20(7-11-24)16-33-27(37)26-5-3-15-36(26)28(38)22-4-2-14-34(17-22)41(39,40)35-18-23(19-35)21-8-12-25(30)13-9-21/h6-13,22-23,26H,2-5,14-19H2,1H3,(H,33,37)/t22-,26+/m0/s1. The lowest BCUT2D eigenvalue weighted by Gasteiger charge is -2.43. The Balaban J connectivity index is 1.15. The fourth-order valence-corrected chi connectivity index (χ4v) is 7.64. The number of rotatable bonds is 8. The van der Waals surface area contributed by atoms with Crippen molar-refractivity contribution in [3.05, 3.63) is 71.0 Å². The Morgan fingerprint density at radius 2 is 1.59 bits per heavy atom. The highest BCUT2D eigenvalue weighted by Gasteiger charge is 2.44. The van der Waals surface area contributed by atoms with Crippen molar-refractivity contribution in [1.29, 1.82) is 0 Å². The van der Waals surface area contributed by atoms with Crippen molar-refractivity contribution in [3.63, 3.8) is 0 Å². The molecule has 0 unspecified atom stereocenters. The van der Waals surface area contributed by atoms with Crippen molar-refractivity contribution < 1.29 is 31.2 Å². The SMILES string of the molecule is CC(F)(F)c1ccc(CNC(=O)[C@H]2CCCN2C(=O)[C@H]2CCCN(S(=O)(=O)N3CC(c4ccc(F)cc4)C3)C2)cc1. The first-order valence-corrected chi connectivity index (χ1v) is 15.4. The predicted octanol–water partition coefficient (Wildman–Crippen LogP) is 3.60. The first-order chi connectivity index (χ1) is 19.4. The number of hydrogen-bond donors (Lipinski definition) is 1. The number of carbonyl (C=O) groups is 2. The van der Waals surface area contributed by atoms with E-state index in [0.29, 0.717) is 57.4 Å². The van der Waals surface area contributed by atoms with Gasteiger partial charge in [-0.15, -0.1) is 0 Å². The molecule has 12 heteroatoms. The molecule has 3 saturated heterocycles. The zero-order valence-corrected chi connectivity index (χ0v) is 23.8. The number of nitrogens with one attached hydrogen (secondary N) is 1. The highest BCUT2D eigenvalue weighted by Crippen LogP contribution is 2.33. The van der Waals surface area contributed by atoms with Crippen molar-refractivity contribution in [2.75, 3.05) is 32.7 Å². The van der Waals surface area contributed by atoms with Crippen LogP contribution in [0.1, 0.15) is 55.2 Å². The van der Waals surface area contributed by atoms with Gasteiger partial charge in [-0.05, 0) is 48.9 Å². The van der Waals surface area contributed by atoms with E-state index in [2.05, 4.69) is 5.32 Å². The summed E-state index contributed by atoms with van der Waals surface area (Å²) in [5.74, 6) is -4.34. The highest BCUT2D eigenvalue weighted by atomic mass is 32.2. The summed E-state index contributed by atoms with van der Waals surface area (Å²) in [6.07, 6.45) is 2.26. The summed E-state index contributed by atoms with van der Waals surface area (Å²) in [5, 5.41) is 2.82. The van der Waals surface area contributed by atoms with Gasteiger partial charge in [-0.1, -0.05) is 36.4 Å². The van der Waals surface area contributed by atoms with E-state index in [9.17, 15) is 31.2 Å². The van der Waals surface area contributed by atoms with Crippen LogP contribution in [0.2, 0.25) is 0 Å². The highest BCUT2D eigenvalue weighted by molar-refractivity contribution is 7.86. The molecule has 5 rings (SSSR count). The van der Waals surface area contributed by atoms with Crippen molar-refractivity contribution in [2.45, 2.75) is 57.0 Å². The normalized spacial score (nSPS) is 22.9. The van der Waals surface area contributed by atoms with E-state index >= 15 is 0 Å². The van der Waals surface area contributed by atoms with Crippen molar-refractivity contribution >= 4 is 22.0 Å². The summed E-state index contributed by atoms with van der Waals surface area (Å²) in [6, 6.07) is 11.2. The number of nitrogens with zero attached hydrogens (tertiary/aromatic N) is 3. The quantitative estimate of drug-likeness (QED) is 0.508. The Bertz CT molecular complexity index is 1360. The molecule has 3 aliphatic heterocycles. The second-order valence-corrected chi connectivity index (χ2v) is 13.2. The van der Waals surface area contributed by atoms with Gasteiger partial charge < -0.3 is 10.2 Å². The Morgan fingerprint density at radius 3 is 2.24 bits per heavy atom. The zero-order valence-electron chi connectivity index (χ0n) is 22.9. The van der Waals surface area contributed by atoms with Crippen LogP contribution in [0.25, 0.3) is 0 Å². The summed E-state index contributed by atoms with van der Waals surface area (Å²) < 4.78 is 69.6. The Morgan fingerprint density at radius 1 is 0.927 bits per heavy atom. The molecule has 3 aliphatic rings. The lowest BCUT2D eigenvalue weighted by Crippen LogP contribution is -2.57. The molecule has 2 amide bonds. The summed E-state index contributed by atoms with van der Waals surface area (Å²) in [7, 11) is -3.75. The van der Waals surface area contributed by atoms with Crippen molar-refractivity contribution in [1.82, 2.24) is 18.8 Å². The monoisotopic (exact) mass is 592 g/mol. The average molecular weight is 593 g/mol. The minimum absolute atomic E-state index is 0.00184. The van der Waals surface area contributed by atoms with Crippen LogP contribution < -0.4 is 5.32 Å². The number of piperidine rings is 1. The van der Waals surface area contributed by atoms with Crippen molar-refractivity contribution in [2.24, 2.45) is 5.92 Å². The van der Waals surface area contributed by atoms with E-state index in [1.54, 1.807) is 29.2 Å². The van der Waals surface area contributed by atoms with Gasteiger partial charge in [0.2, 0.25) is 11.8 Å². The van der Waals surface area contributed by atoms with E-state index in [-0.39, 0.29) is 42.2 Å². The van der Waals surface area contributed by atoms with Gasteiger partial charge in [-0.3, -0.25) is 9.59 Å². The maximum Gasteiger partial charge on any atom is 0.282 e. The molecule has 41 heavy (non-hydrogen) atoms. The first kappa shape index (κ1) is 29.5. The summed E-state index contributed by atoms with van der Waals surface area (Å²) in [5.41, 5.74) is 1.45. The number of alkyl halides is 2.